The number of hydrogen-bond acceptors (Lipinski definition) is 47. The second kappa shape index (κ2) is 39.3. The van der Waals surface area contributed by atoms with Crippen LogP contribution in [0.2, 0.25) is 0 Å². The van der Waals surface area contributed by atoms with Gasteiger partial charge in [-0.15, -0.1) is 0 Å². The molecular weight excluding hydrogens is 1550 g/mol. The van der Waals surface area contributed by atoms with Crippen molar-refractivity contribution in [3.05, 3.63) is 0 Å². The molecule has 0 aromatic rings. The summed E-state index contributed by atoms with van der Waals surface area (Å²) < 4.78 is 115. The maximum absolute atomic E-state index is 13.7. The largest absolute Gasteiger partial charge is 0.394 e. The van der Waals surface area contributed by atoms with Gasteiger partial charge in [0.15, 0.2) is 62.9 Å². The lowest BCUT2D eigenvalue weighted by atomic mass is 9.93. The molecule has 0 bridgehead atoms. The van der Waals surface area contributed by atoms with Gasteiger partial charge in [-0.1, -0.05) is 0 Å². The minimum atomic E-state index is -2.52. The van der Waals surface area contributed by atoms with Crippen LogP contribution in [0.5, 0.6) is 0 Å². The van der Waals surface area contributed by atoms with E-state index >= 15 is 0 Å². The van der Waals surface area contributed by atoms with Gasteiger partial charge in [0.1, 0.15) is 220 Å². The number of ether oxygens (including phenoxy) is 19. The van der Waals surface area contributed by atoms with Crippen molar-refractivity contribution in [1.29, 1.82) is 0 Å². The maximum Gasteiger partial charge on any atom is 0.217 e. The Morgan fingerprint density at radius 1 is 0.248 bits per heavy atom. The van der Waals surface area contributed by atoms with E-state index in [1.54, 1.807) is 0 Å². The molecule has 0 unspecified atom stereocenters. The molecule has 0 radical (unpaired) electrons. The number of aliphatic hydroxyl groups excluding tert-OH is 26. The van der Waals surface area contributed by atoms with Crippen LogP contribution in [0.25, 0.3) is 0 Å². The highest BCUT2D eigenvalue weighted by Gasteiger charge is 2.62. The van der Waals surface area contributed by atoms with E-state index < -0.39 is 358 Å². The van der Waals surface area contributed by atoms with E-state index in [0.717, 1.165) is 13.8 Å². The lowest BCUT2D eigenvalue weighted by Gasteiger charge is -2.52. The molecule has 0 spiro atoms. The molecule has 113 heavy (non-hydrogen) atoms. The molecule has 0 aromatic carbocycles. The van der Waals surface area contributed by atoms with Crippen LogP contribution < -0.4 is 10.6 Å². The van der Waals surface area contributed by atoms with E-state index in [4.69, 9.17) is 90.0 Å². The Morgan fingerprint density at radius 3 is 0.894 bits per heavy atom. The van der Waals surface area contributed by atoms with Crippen molar-refractivity contribution in [2.24, 2.45) is 0 Å². The van der Waals surface area contributed by atoms with Gasteiger partial charge in [-0.3, -0.25) is 9.59 Å². The topological polar surface area (TPSA) is 760 Å². The summed E-state index contributed by atoms with van der Waals surface area (Å²) in [4.78, 5) is 27.3. The molecule has 0 saturated carbocycles. The highest BCUT2D eigenvalue weighted by molar-refractivity contribution is 5.73. The molecule has 10 fully saturated rings. The molecule has 49 nitrogen and oxygen atoms in total. The minimum Gasteiger partial charge on any atom is -0.394 e. The number of hydrogen-bond donors (Lipinski definition) is 28. The third-order valence-electron chi connectivity index (χ3n) is 21.5. The number of amides is 2. The minimum absolute atomic E-state index is 0.911. The van der Waals surface area contributed by atoms with Crippen LogP contribution in [-0.4, -0.2) is 491 Å². The molecule has 10 aliphatic rings. The lowest BCUT2D eigenvalue weighted by molar-refractivity contribution is -0.403. The molecule has 656 valence electrons. The van der Waals surface area contributed by atoms with Crippen molar-refractivity contribution in [2.45, 2.75) is 348 Å². The van der Waals surface area contributed by atoms with Gasteiger partial charge in [-0.25, -0.2) is 0 Å². The second-order valence-electron chi connectivity index (χ2n) is 29.4. The zero-order valence-corrected chi connectivity index (χ0v) is 61.3. The van der Waals surface area contributed by atoms with E-state index in [0.29, 0.717) is 0 Å². The monoisotopic (exact) mass is 1660 g/mol. The summed E-state index contributed by atoms with van der Waals surface area (Å²) in [5.41, 5.74) is 0. The van der Waals surface area contributed by atoms with E-state index in [2.05, 4.69) is 10.6 Å². The van der Waals surface area contributed by atoms with Gasteiger partial charge >= 0.3 is 0 Å². The molecule has 2 amide bonds. The molecule has 10 heterocycles. The standard InChI is InChI=1S/C64H108N2O47/c1-13-27(74)34(81)42(89)58(96-13)109-50-25(65-17(5)72)56(103-22(10-70)48(50)107-63-53(38(85)31(78)19(7-67)101-63)112-60-44(91)36(83)29(76)15(3)98-60)95-12-24-33(80)52(46(93)62(105-24)106-47-21(9-69)100-55(94)41(88)40(47)87)111-57-26(66-18(6)73)51(110-59-43(90)35(82)28(75)14(2)97-59)49(23(11-71)104-57)108-64-54(39(86)32(79)20(8-68)102-64)113-61-45(92)37(84)30(77)16(4)99-61/h13-16,19-64,67-71,74-94H,7-12H2,1-6H3,(H,65,72)(H,66,73)/t13-,14-,15-,16-,19+,20+,21+,22+,23+,24+,25+,26+,27+,28+,29+,30+,31-,32-,33-,34+,35+,36+,37+,38-,39-,40+,41+,42-,43-,44-,45-,46+,47+,48+,49+,50+,51+,52-,53+,54+,55+,56+,57-,58-,59-,60-,61-,62-,63-,64-/m0/s1. The third-order valence-corrected chi connectivity index (χ3v) is 21.5. The number of carbonyl (C=O) groups is 2. The van der Waals surface area contributed by atoms with E-state index in [1.807, 2.05) is 0 Å². The summed E-state index contributed by atoms with van der Waals surface area (Å²) in [7, 11) is 0. The Morgan fingerprint density at radius 2 is 0.531 bits per heavy atom. The SMILES string of the molecule is CC(=O)N[C@H]1[C@H](OC[C@H]2O[C@@H](O[C@H]3[C@H](O)[C@@H](O)[C@H](O)O[C@@H]3CO)[C@H](O)[C@@H](O[C@@H]3O[C@H](CO)[C@@H](O[C@@H]4O[C@H](CO)[C@H](O)[C@H](O)[C@H]4O[C@@H]4O[C@@H](C)[C@@H](O)[C@@H](O)[C@@H]4O)[C@H](O[C@@H]4O[C@@H](C)[C@@H](O)[C@@H](O)[C@@H]4O)[C@H]3NC(C)=O)[C@H]2O)O[C@H](CO)[C@@H](O[C@@H]2O[C@H](CO)[C@H](O)[C@H](O)[C@H]2O[C@@H]2O[C@@H](C)[C@@H](O)[C@@H](O)[C@@H]2O)[C@@H]1O[C@@H]1O[C@@H](C)[C@@H](O)[C@@H](O)[C@@H]1O. The first-order valence-electron chi connectivity index (χ1n) is 36.6. The average Bonchev–Trinajstić information content (AvgIpc) is 0.754. The summed E-state index contributed by atoms with van der Waals surface area (Å²) in [5, 5.41) is 294. The number of rotatable bonds is 26. The van der Waals surface area contributed by atoms with Crippen molar-refractivity contribution >= 4 is 11.8 Å². The van der Waals surface area contributed by atoms with Gasteiger partial charge < -0.3 is 233 Å². The van der Waals surface area contributed by atoms with Crippen LogP contribution in [-0.2, 0) is 99.6 Å². The van der Waals surface area contributed by atoms with E-state index in [-0.39, 0.29) is 0 Å². The van der Waals surface area contributed by atoms with Crippen LogP contribution >= 0.6 is 0 Å². The number of nitrogens with one attached hydrogen (secondary N) is 2. The highest BCUT2D eigenvalue weighted by Crippen LogP contribution is 2.42. The zero-order chi connectivity index (χ0) is 83.1. The van der Waals surface area contributed by atoms with Gasteiger partial charge in [0.2, 0.25) is 11.8 Å². The van der Waals surface area contributed by atoms with Crippen molar-refractivity contribution in [1.82, 2.24) is 10.6 Å². The van der Waals surface area contributed by atoms with Crippen molar-refractivity contribution in [3.63, 3.8) is 0 Å². The fraction of sp³-hybridized carbons (Fsp3) is 0.969. The van der Waals surface area contributed by atoms with E-state index in [9.17, 15) is 142 Å². The van der Waals surface area contributed by atoms with Crippen molar-refractivity contribution in [3.8, 4) is 0 Å². The molecule has 10 rings (SSSR count). The Balaban J connectivity index is 1.02. The van der Waals surface area contributed by atoms with Crippen molar-refractivity contribution in [2.75, 3.05) is 39.6 Å². The third kappa shape index (κ3) is 19.7. The van der Waals surface area contributed by atoms with Gasteiger partial charge in [-0.05, 0) is 27.7 Å². The van der Waals surface area contributed by atoms with Crippen LogP contribution in [0.3, 0.4) is 0 Å². The predicted molar refractivity (Wildman–Crippen MR) is 347 cm³/mol. The van der Waals surface area contributed by atoms with Crippen LogP contribution in [0, 0.1) is 0 Å². The zero-order valence-electron chi connectivity index (χ0n) is 61.3. The quantitative estimate of drug-likeness (QED) is 0.0382. The predicted octanol–water partition coefficient (Wildman–Crippen LogP) is -18.4. The van der Waals surface area contributed by atoms with Crippen LogP contribution in [0.4, 0.5) is 0 Å². The van der Waals surface area contributed by atoms with E-state index in [1.165, 1.54) is 27.7 Å². The summed E-state index contributed by atoms with van der Waals surface area (Å²) >= 11 is 0. The van der Waals surface area contributed by atoms with Crippen LogP contribution in [0.1, 0.15) is 41.5 Å². The Hall–Kier alpha value is -2.86. The highest BCUT2D eigenvalue weighted by atomic mass is 16.8. The molecule has 0 aliphatic carbocycles. The van der Waals surface area contributed by atoms with Gasteiger partial charge in [0, 0.05) is 13.8 Å². The molecule has 28 N–H and O–H groups in total. The first kappa shape index (κ1) is 92.4. The molecule has 49 heteroatoms. The summed E-state index contributed by atoms with van der Waals surface area (Å²) in [5.74, 6) is -2.02. The van der Waals surface area contributed by atoms with Gasteiger partial charge in [0.25, 0.3) is 0 Å². The first-order chi connectivity index (χ1) is 53.3. The van der Waals surface area contributed by atoms with Crippen molar-refractivity contribution < 1.29 is 232 Å². The fourth-order valence-corrected chi connectivity index (χ4v) is 14.9. The second-order valence-corrected chi connectivity index (χ2v) is 29.4. The van der Waals surface area contributed by atoms with Crippen LogP contribution in [0.15, 0.2) is 0 Å². The average molecular weight is 1660 g/mol. The number of aliphatic hydroxyl groups is 26. The summed E-state index contributed by atoms with van der Waals surface area (Å²) in [6.45, 7) is -0.0499. The number of carbonyl (C=O) groups excluding carboxylic acids is 2. The Kier molecular flexibility index (Phi) is 32.2. The van der Waals surface area contributed by atoms with Gasteiger partial charge in [0.05, 0.1) is 64.1 Å². The lowest BCUT2D eigenvalue weighted by Crippen LogP contribution is -2.71. The summed E-state index contributed by atoms with van der Waals surface area (Å²) in [6.07, 6.45) is -97.1. The Labute approximate surface area is 641 Å². The molecule has 50 atom stereocenters. The first-order valence-corrected chi connectivity index (χ1v) is 36.6. The molecule has 10 aliphatic heterocycles. The maximum atomic E-state index is 13.7. The Bertz CT molecular complexity index is 2970. The fourth-order valence-electron chi connectivity index (χ4n) is 14.9. The molecule has 0 aromatic heterocycles. The summed E-state index contributed by atoms with van der Waals surface area (Å²) in [6, 6.07) is -4.07. The molecule has 10 saturated heterocycles. The van der Waals surface area contributed by atoms with Gasteiger partial charge in [-0.2, -0.15) is 0 Å². The smallest absolute Gasteiger partial charge is 0.217 e. The molecular formula is C64H108N2O47. The normalized spacial score (nSPS) is 52.8.